The average Bonchev–Trinajstić information content (AvgIpc) is 2.59. The summed E-state index contributed by atoms with van der Waals surface area (Å²) in [6.45, 7) is 2.67. The number of rotatable bonds is 4. The molecular weight excluding hydrogens is 200 g/mol. The van der Waals surface area contributed by atoms with E-state index in [9.17, 15) is 0 Å². The summed E-state index contributed by atoms with van der Waals surface area (Å²) in [7, 11) is 0. The predicted octanol–water partition coefficient (Wildman–Crippen LogP) is 1.80. The fraction of sp³-hybridized carbons (Fsp3) is 0.333. The van der Waals surface area contributed by atoms with Gasteiger partial charge in [0.2, 0.25) is 5.95 Å². The number of aryl methyl sites for hydroxylation is 3. The Bertz CT molecular complexity index is 447. The van der Waals surface area contributed by atoms with Gasteiger partial charge in [-0.3, -0.25) is 0 Å². The highest BCUT2D eigenvalue weighted by Gasteiger charge is 2.02. The van der Waals surface area contributed by atoms with Crippen molar-refractivity contribution in [3.05, 3.63) is 41.7 Å². The molecule has 4 heteroatoms. The lowest BCUT2D eigenvalue weighted by atomic mass is 10.1. The van der Waals surface area contributed by atoms with E-state index in [4.69, 9.17) is 5.73 Å². The Kier molecular flexibility index (Phi) is 3.19. The molecule has 0 aliphatic rings. The SMILES string of the molecule is Cc1nc(N)n(CCCc2ccccc2)n1. The molecule has 0 aliphatic heterocycles. The second-order valence-electron chi connectivity index (χ2n) is 3.83. The number of hydrogen-bond acceptors (Lipinski definition) is 3. The van der Waals surface area contributed by atoms with E-state index in [0.717, 1.165) is 25.2 Å². The van der Waals surface area contributed by atoms with Crippen molar-refractivity contribution in [3.8, 4) is 0 Å². The molecule has 4 nitrogen and oxygen atoms in total. The van der Waals surface area contributed by atoms with Crippen LogP contribution in [0.3, 0.4) is 0 Å². The Morgan fingerprint density at radius 1 is 1.25 bits per heavy atom. The summed E-state index contributed by atoms with van der Waals surface area (Å²) in [5.41, 5.74) is 7.06. The number of hydrogen-bond donors (Lipinski definition) is 1. The molecular formula is C12H16N4. The Morgan fingerprint density at radius 2 is 2.00 bits per heavy atom. The van der Waals surface area contributed by atoms with Gasteiger partial charge in [-0.2, -0.15) is 10.1 Å². The third-order valence-electron chi connectivity index (χ3n) is 2.48. The summed E-state index contributed by atoms with van der Waals surface area (Å²) in [6.07, 6.45) is 2.07. The van der Waals surface area contributed by atoms with Crippen molar-refractivity contribution < 1.29 is 0 Å². The van der Waals surface area contributed by atoms with Gasteiger partial charge in [-0.25, -0.2) is 4.68 Å². The first kappa shape index (κ1) is 10.7. The van der Waals surface area contributed by atoms with Gasteiger partial charge in [0.25, 0.3) is 0 Å². The topological polar surface area (TPSA) is 56.7 Å². The van der Waals surface area contributed by atoms with Crippen LogP contribution in [-0.4, -0.2) is 14.8 Å². The molecule has 2 N–H and O–H groups in total. The summed E-state index contributed by atoms with van der Waals surface area (Å²) < 4.78 is 1.76. The highest BCUT2D eigenvalue weighted by Crippen LogP contribution is 2.05. The van der Waals surface area contributed by atoms with E-state index in [1.54, 1.807) is 4.68 Å². The Morgan fingerprint density at radius 3 is 2.62 bits per heavy atom. The second kappa shape index (κ2) is 4.79. The van der Waals surface area contributed by atoms with Gasteiger partial charge in [0.1, 0.15) is 5.82 Å². The first-order chi connectivity index (χ1) is 7.75. The van der Waals surface area contributed by atoms with Crippen LogP contribution in [-0.2, 0) is 13.0 Å². The molecule has 0 radical (unpaired) electrons. The lowest BCUT2D eigenvalue weighted by molar-refractivity contribution is 0.582. The minimum atomic E-state index is 0.505. The van der Waals surface area contributed by atoms with Crippen LogP contribution in [0, 0.1) is 6.92 Å². The van der Waals surface area contributed by atoms with Crippen LogP contribution >= 0.6 is 0 Å². The number of aromatic nitrogens is 3. The molecule has 1 aromatic carbocycles. The van der Waals surface area contributed by atoms with Gasteiger partial charge >= 0.3 is 0 Å². The van der Waals surface area contributed by atoms with Crippen molar-refractivity contribution in [1.29, 1.82) is 0 Å². The summed E-state index contributed by atoms with van der Waals surface area (Å²) in [4.78, 5) is 4.07. The average molecular weight is 216 g/mol. The van der Waals surface area contributed by atoms with Gasteiger partial charge in [-0.1, -0.05) is 30.3 Å². The minimum absolute atomic E-state index is 0.505. The lowest BCUT2D eigenvalue weighted by Gasteiger charge is -2.02. The van der Waals surface area contributed by atoms with Crippen LogP contribution in [0.1, 0.15) is 17.8 Å². The molecule has 1 aromatic heterocycles. The molecule has 0 aliphatic carbocycles. The van der Waals surface area contributed by atoms with Crippen molar-refractivity contribution >= 4 is 5.95 Å². The minimum Gasteiger partial charge on any atom is -0.368 e. The van der Waals surface area contributed by atoms with Crippen LogP contribution in [0.25, 0.3) is 0 Å². The lowest BCUT2D eigenvalue weighted by Crippen LogP contribution is -2.06. The van der Waals surface area contributed by atoms with E-state index in [-0.39, 0.29) is 0 Å². The summed E-state index contributed by atoms with van der Waals surface area (Å²) in [5, 5.41) is 4.22. The first-order valence-corrected chi connectivity index (χ1v) is 5.46. The van der Waals surface area contributed by atoms with Gasteiger partial charge in [0.15, 0.2) is 0 Å². The Hall–Kier alpha value is -1.84. The van der Waals surface area contributed by atoms with Gasteiger partial charge in [0, 0.05) is 6.54 Å². The fourth-order valence-corrected chi connectivity index (χ4v) is 1.71. The monoisotopic (exact) mass is 216 g/mol. The van der Waals surface area contributed by atoms with E-state index < -0.39 is 0 Å². The highest BCUT2D eigenvalue weighted by atomic mass is 15.4. The second-order valence-corrected chi connectivity index (χ2v) is 3.83. The zero-order valence-corrected chi connectivity index (χ0v) is 9.43. The smallest absolute Gasteiger partial charge is 0.218 e. The highest BCUT2D eigenvalue weighted by molar-refractivity contribution is 5.16. The van der Waals surface area contributed by atoms with Gasteiger partial charge in [0.05, 0.1) is 0 Å². The molecule has 0 fully saturated rings. The van der Waals surface area contributed by atoms with Crippen molar-refractivity contribution in [2.45, 2.75) is 26.3 Å². The van der Waals surface area contributed by atoms with Gasteiger partial charge in [-0.05, 0) is 25.3 Å². The van der Waals surface area contributed by atoms with Crippen LogP contribution in [0.4, 0.5) is 5.95 Å². The third-order valence-corrected chi connectivity index (χ3v) is 2.48. The van der Waals surface area contributed by atoms with Crippen molar-refractivity contribution in [3.63, 3.8) is 0 Å². The molecule has 84 valence electrons. The number of nitrogens with two attached hydrogens (primary N) is 1. The maximum Gasteiger partial charge on any atom is 0.218 e. The van der Waals surface area contributed by atoms with Crippen LogP contribution in [0.5, 0.6) is 0 Å². The quantitative estimate of drug-likeness (QED) is 0.847. The zero-order valence-electron chi connectivity index (χ0n) is 9.43. The number of nitrogen functional groups attached to an aromatic ring is 1. The molecule has 0 saturated carbocycles. The predicted molar refractivity (Wildman–Crippen MR) is 63.9 cm³/mol. The van der Waals surface area contributed by atoms with Crippen molar-refractivity contribution in [2.75, 3.05) is 5.73 Å². The maximum absolute atomic E-state index is 5.71. The van der Waals surface area contributed by atoms with E-state index in [1.807, 2.05) is 13.0 Å². The molecule has 0 atom stereocenters. The fourth-order valence-electron chi connectivity index (χ4n) is 1.71. The van der Waals surface area contributed by atoms with Gasteiger partial charge < -0.3 is 5.73 Å². The standard InChI is InChI=1S/C12H16N4/c1-10-14-12(13)16(15-10)9-5-8-11-6-3-2-4-7-11/h2-4,6-7H,5,8-9H2,1H3,(H2,13,14,15). The molecule has 0 bridgehead atoms. The summed E-state index contributed by atoms with van der Waals surface area (Å²) in [6, 6.07) is 10.4. The molecule has 2 rings (SSSR count). The van der Waals surface area contributed by atoms with E-state index >= 15 is 0 Å². The van der Waals surface area contributed by atoms with Crippen molar-refractivity contribution in [1.82, 2.24) is 14.8 Å². The number of benzene rings is 1. The molecule has 0 saturated heterocycles. The van der Waals surface area contributed by atoms with E-state index in [1.165, 1.54) is 5.56 Å². The third kappa shape index (κ3) is 2.59. The summed E-state index contributed by atoms with van der Waals surface area (Å²) in [5.74, 6) is 1.24. The van der Waals surface area contributed by atoms with Crippen LogP contribution < -0.4 is 5.73 Å². The number of nitrogens with zero attached hydrogens (tertiary/aromatic N) is 3. The molecule has 1 heterocycles. The summed E-state index contributed by atoms with van der Waals surface area (Å²) >= 11 is 0. The first-order valence-electron chi connectivity index (χ1n) is 5.46. The largest absolute Gasteiger partial charge is 0.368 e. The maximum atomic E-state index is 5.71. The zero-order chi connectivity index (χ0) is 11.4. The molecule has 0 amide bonds. The van der Waals surface area contributed by atoms with E-state index in [2.05, 4.69) is 34.3 Å². The van der Waals surface area contributed by atoms with Gasteiger partial charge in [-0.15, -0.1) is 0 Å². The molecule has 0 spiro atoms. The Balaban J connectivity index is 1.87. The Labute approximate surface area is 95.1 Å². The molecule has 16 heavy (non-hydrogen) atoms. The normalized spacial score (nSPS) is 10.6. The van der Waals surface area contributed by atoms with Crippen LogP contribution in [0.15, 0.2) is 30.3 Å². The van der Waals surface area contributed by atoms with Crippen LogP contribution in [0.2, 0.25) is 0 Å². The molecule has 0 unspecified atom stereocenters. The molecule has 2 aromatic rings. The van der Waals surface area contributed by atoms with E-state index in [0.29, 0.717) is 5.95 Å². The number of anilines is 1. The van der Waals surface area contributed by atoms with Crippen molar-refractivity contribution in [2.24, 2.45) is 0 Å².